The van der Waals surface area contributed by atoms with Crippen LogP contribution in [-0.4, -0.2) is 51.3 Å². The summed E-state index contributed by atoms with van der Waals surface area (Å²) in [5.41, 5.74) is 6.41. The molecule has 0 radical (unpaired) electrons. The molecule has 1 aliphatic carbocycles. The summed E-state index contributed by atoms with van der Waals surface area (Å²) in [6.45, 7) is 7.83. The van der Waals surface area contributed by atoms with Gasteiger partial charge < -0.3 is 15.3 Å². The van der Waals surface area contributed by atoms with Gasteiger partial charge in [-0.2, -0.15) is 0 Å². The van der Waals surface area contributed by atoms with Crippen LogP contribution in [-0.2, 0) is 9.59 Å². The van der Waals surface area contributed by atoms with Crippen LogP contribution in [0.3, 0.4) is 0 Å². The number of imide groups is 1. The zero-order valence-corrected chi connectivity index (χ0v) is 23.5. The molecule has 0 bridgehead atoms. The van der Waals surface area contributed by atoms with Gasteiger partial charge in [-0.25, -0.2) is 0 Å². The minimum Gasteiger partial charge on any atom is -0.507 e. The van der Waals surface area contributed by atoms with Crippen LogP contribution in [0.2, 0.25) is 0 Å². The lowest BCUT2D eigenvalue weighted by molar-refractivity contribution is -0.140. The Morgan fingerprint density at radius 2 is 1.74 bits per heavy atom. The van der Waals surface area contributed by atoms with Crippen molar-refractivity contribution in [2.24, 2.45) is 17.8 Å². The van der Waals surface area contributed by atoms with E-state index in [1.165, 1.54) is 4.90 Å². The Balaban J connectivity index is 1.64. The van der Waals surface area contributed by atoms with Gasteiger partial charge in [-0.15, -0.1) is 0 Å². The molecule has 2 amide bonds. The Kier molecular flexibility index (Phi) is 9.08. The second-order valence-electron chi connectivity index (χ2n) is 11.0. The summed E-state index contributed by atoms with van der Waals surface area (Å²) in [5, 5.41) is 32.2. The Morgan fingerprint density at radius 1 is 1.08 bits per heavy atom. The smallest absolute Gasteiger partial charge is 0.233 e. The Labute approximate surface area is 231 Å². The van der Waals surface area contributed by atoms with Crippen molar-refractivity contribution in [1.29, 1.82) is 0 Å². The zero-order chi connectivity index (χ0) is 28.3. The minimum absolute atomic E-state index is 0.140. The fourth-order valence-electron chi connectivity index (χ4n) is 6.48. The summed E-state index contributed by atoms with van der Waals surface area (Å²) in [7, 11) is 0. The number of carbonyl (C=O) groups excluding carboxylic acids is 2. The molecule has 0 saturated carbocycles. The van der Waals surface area contributed by atoms with Gasteiger partial charge in [0.1, 0.15) is 5.75 Å². The lowest BCUT2D eigenvalue weighted by atomic mass is 9.67. The Hall–Kier alpha value is -3.22. The van der Waals surface area contributed by atoms with E-state index in [9.17, 15) is 24.9 Å². The predicted molar refractivity (Wildman–Crippen MR) is 154 cm³/mol. The standard InChI is InChI=1S/C33H41NO5/c1-5-14-34-32(38)26-18-23(6-2)29(27(19-35)30(26)33(34)39)28(36)13-12-25(24-10-8-7-9-11-24)17-22-15-20(3)31(37)21(4)16-22/h7-11,15-17,26-28,30,35-37H,5-6,12-14,18-19H2,1-4H3/b25-17-/t26-,27+,28-,30-/m1/s1. The fraction of sp³-hybridized carbons (Fsp3) is 0.455. The largest absolute Gasteiger partial charge is 0.507 e. The van der Waals surface area contributed by atoms with E-state index >= 15 is 0 Å². The van der Waals surface area contributed by atoms with Crippen molar-refractivity contribution >= 4 is 23.5 Å². The summed E-state index contributed by atoms with van der Waals surface area (Å²) in [6.07, 6.45) is 4.07. The average molecular weight is 532 g/mol. The van der Waals surface area contributed by atoms with Crippen LogP contribution in [0, 0.1) is 31.6 Å². The van der Waals surface area contributed by atoms with Crippen molar-refractivity contribution < 1.29 is 24.9 Å². The number of phenolic OH excluding ortho intramolecular Hbond substituents is 1. The number of benzene rings is 2. The van der Waals surface area contributed by atoms with Gasteiger partial charge in [-0.05, 0) is 91.5 Å². The quantitative estimate of drug-likeness (QED) is 0.216. The van der Waals surface area contributed by atoms with Crippen molar-refractivity contribution in [3.8, 4) is 5.75 Å². The van der Waals surface area contributed by atoms with Crippen molar-refractivity contribution in [3.05, 3.63) is 75.9 Å². The average Bonchev–Trinajstić information content (AvgIpc) is 3.17. The van der Waals surface area contributed by atoms with E-state index in [1.54, 1.807) is 0 Å². The van der Waals surface area contributed by atoms with Gasteiger partial charge in [0, 0.05) is 12.5 Å². The highest BCUT2D eigenvalue weighted by Crippen LogP contribution is 2.47. The first-order valence-electron chi connectivity index (χ1n) is 14.1. The van der Waals surface area contributed by atoms with Crippen LogP contribution in [0.15, 0.2) is 53.6 Å². The molecule has 0 aromatic heterocycles. The van der Waals surface area contributed by atoms with Crippen LogP contribution in [0.5, 0.6) is 5.75 Å². The van der Waals surface area contributed by atoms with Crippen molar-refractivity contribution in [1.82, 2.24) is 4.90 Å². The number of hydrogen-bond acceptors (Lipinski definition) is 5. The second kappa shape index (κ2) is 12.3. The van der Waals surface area contributed by atoms with Gasteiger partial charge in [0.2, 0.25) is 11.8 Å². The number of aliphatic hydroxyl groups excluding tert-OH is 2. The van der Waals surface area contributed by atoms with Gasteiger partial charge in [0.15, 0.2) is 0 Å². The molecule has 1 fully saturated rings. The molecule has 2 aromatic carbocycles. The molecule has 4 rings (SSSR count). The summed E-state index contributed by atoms with van der Waals surface area (Å²) in [6, 6.07) is 13.9. The van der Waals surface area contributed by atoms with Crippen LogP contribution < -0.4 is 0 Å². The van der Waals surface area contributed by atoms with Gasteiger partial charge in [-0.3, -0.25) is 14.5 Å². The minimum atomic E-state index is -0.837. The lowest BCUT2D eigenvalue weighted by Gasteiger charge is -2.36. The molecule has 2 aliphatic rings. The number of likely N-dealkylation sites (tertiary alicyclic amines) is 1. The summed E-state index contributed by atoms with van der Waals surface area (Å²) < 4.78 is 0. The summed E-state index contributed by atoms with van der Waals surface area (Å²) >= 11 is 0. The fourth-order valence-corrected chi connectivity index (χ4v) is 6.48. The highest BCUT2D eigenvalue weighted by Gasteiger charge is 2.54. The topological polar surface area (TPSA) is 98.1 Å². The third-order valence-electron chi connectivity index (χ3n) is 8.39. The van der Waals surface area contributed by atoms with Gasteiger partial charge in [0.05, 0.1) is 24.5 Å². The van der Waals surface area contributed by atoms with Crippen LogP contribution in [0.25, 0.3) is 11.6 Å². The normalized spacial score (nSPS) is 22.5. The first kappa shape index (κ1) is 28.8. The number of aromatic hydroxyl groups is 1. The number of phenols is 1. The molecule has 0 unspecified atom stereocenters. The number of aryl methyl sites for hydroxylation is 2. The van der Waals surface area contributed by atoms with Crippen LogP contribution in [0.4, 0.5) is 0 Å². The number of nitrogens with zero attached hydrogens (tertiary/aromatic N) is 1. The highest BCUT2D eigenvalue weighted by atomic mass is 16.3. The summed E-state index contributed by atoms with van der Waals surface area (Å²) in [4.78, 5) is 27.7. The number of hydrogen-bond donors (Lipinski definition) is 3. The number of carbonyl (C=O) groups is 2. The van der Waals surface area contributed by atoms with E-state index in [4.69, 9.17) is 0 Å². The molecular weight excluding hydrogens is 490 g/mol. The van der Waals surface area contributed by atoms with E-state index < -0.39 is 23.9 Å². The molecule has 1 saturated heterocycles. The third kappa shape index (κ3) is 5.73. The molecule has 3 N–H and O–H groups in total. The van der Waals surface area contributed by atoms with E-state index in [-0.39, 0.29) is 18.4 Å². The molecule has 208 valence electrons. The molecular formula is C33H41NO5. The molecule has 0 spiro atoms. The van der Waals surface area contributed by atoms with Crippen LogP contribution >= 0.6 is 0 Å². The first-order valence-corrected chi connectivity index (χ1v) is 14.1. The van der Waals surface area contributed by atoms with E-state index in [1.807, 2.05) is 70.2 Å². The van der Waals surface area contributed by atoms with Gasteiger partial charge in [0.25, 0.3) is 0 Å². The monoisotopic (exact) mass is 531 g/mol. The molecule has 6 heteroatoms. The van der Waals surface area contributed by atoms with E-state index in [0.717, 1.165) is 39.0 Å². The van der Waals surface area contributed by atoms with E-state index in [0.29, 0.717) is 44.4 Å². The maximum atomic E-state index is 13.3. The Bertz CT molecular complexity index is 1260. The van der Waals surface area contributed by atoms with Gasteiger partial charge in [-0.1, -0.05) is 55.8 Å². The van der Waals surface area contributed by atoms with Gasteiger partial charge >= 0.3 is 0 Å². The number of amides is 2. The zero-order valence-electron chi connectivity index (χ0n) is 23.5. The van der Waals surface area contributed by atoms with Crippen molar-refractivity contribution in [2.75, 3.05) is 13.2 Å². The molecule has 1 heterocycles. The number of aliphatic hydroxyl groups is 2. The maximum absolute atomic E-state index is 13.3. The number of allylic oxidation sites excluding steroid dienone is 2. The first-order chi connectivity index (χ1) is 18.7. The third-order valence-corrected chi connectivity index (χ3v) is 8.39. The second-order valence-corrected chi connectivity index (χ2v) is 11.0. The molecule has 2 aromatic rings. The Morgan fingerprint density at radius 3 is 2.33 bits per heavy atom. The predicted octanol–water partition coefficient (Wildman–Crippen LogP) is 5.42. The van der Waals surface area contributed by atoms with Crippen molar-refractivity contribution in [3.63, 3.8) is 0 Å². The molecule has 1 aliphatic heterocycles. The molecule has 4 atom stereocenters. The van der Waals surface area contributed by atoms with Crippen LogP contribution in [0.1, 0.15) is 68.2 Å². The number of rotatable bonds is 10. The maximum Gasteiger partial charge on any atom is 0.233 e. The lowest BCUT2D eigenvalue weighted by Crippen LogP contribution is -2.39. The summed E-state index contributed by atoms with van der Waals surface area (Å²) in [5.74, 6) is -1.68. The molecule has 39 heavy (non-hydrogen) atoms. The number of fused-ring (bicyclic) bond motifs is 1. The van der Waals surface area contributed by atoms with E-state index in [2.05, 4.69) is 6.08 Å². The highest BCUT2D eigenvalue weighted by molar-refractivity contribution is 6.05. The molecule has 6 nitrogen and oxygen atoms in total. The van der Waals surface area contributed by atoms with Crippen molar-refractivity contribution in [2.45, 2.75) is 65.9 Å². The SMILES string of the molecule is CCCN1C(=O)[C@@H]2[C@@H](CC(CC)=C([C@H](O)CC/C(=C/c3cc(C)c(O)c(C)c3)c3ccccc3)[C@@H]2CO)C1=O.